The lowest BCUT2D eigenvalue weighted by molar-refractivity contribution is -0.134. The number of hydrogen-bond acceptors (Lipinski definition) is 6. The van der Waals surface area contributed by atoms with Crippen LogP contribution in [0.3, 0.4) is 0 Å². The molecule has 2 N–H and O–H groups in total. The molecule has 0 unspecified atom stereocenters. The van der Waals surface area contributed by atoms with Crippen LogP contribution >= 0.6 is 0 Å². The van der Waals surface area contributed by atoms with Gasteiger partial charge in [0.05, 0.1) is 25.5 Å². The molecule has 0 bridgehead atoms. The van der Waals surface area contributed by atoms with Crippen molar-refractivity contribution in [1.82, 2.24) is 24.4 Å². The van der Waals surface area contributed by atoms with Crippen molar-refractivity contribution in [3.8, 4) is 5.88 Å². The molecule has 10 heteroatoms. The lowest BCUT2D eigenvalue weighted by atomic mass is 10.1. The molecule has 2 aliphatic rings. The smallest absolute Gasteiger partial charge is 0.291 e. The van der Waals surface area contributed by atoms with Crippen LogP contribution in [0, 0.1) is 5.92 Å². The number of carbonyl (C=O) groups excluding carboxylic acids is 2. The van der Waals surface area contributed by atoms with E-state index in [2.05, 4.69) is 10.4 Å². The van der Waals surface area contributed by atoms with Crippen LogP contribution in [0.15, 0.2) is 17.1 Å². The average Bonchev–Trinajstić information content (AvgIpc) is 3.50. The number of fused-ring (bicyclic) bond motifs is 1. The van der Waals surface area contributed by atoms with E-state index in [9.17, 15) is 19.5 Å². The first-order valence-electron chi connectivity index (χ1n) is 11.5. The summed E-state index contributed by atoms with van der Waals surface area (Å²) in [5.74, 6) is -1.01. The molecule has 1 aliphatic heterocycles. The highest BCUT2D eigenvalue weighted by Crippen LogP contribution is 2.24. The number of rotatable bonds is 7. The molecule has 33 heavy (non-hydrogen) atoms. The van der Waals surface area contributed by atoms with Gasteiger partial charge in [-0.1, -0.05) is 20.8 Å². The van der Waals surface area contributed by atoms with Gasteiger partial charge in [0.2, 0.25) is 11.8 Å². The van der Waals surface area contributed by atoms with Crippen LogP contribution in [0.1, 0.15) is 56.0 Å². The van der Waals surface area contributed by atoms with Gasteiger partial charge in [-0.15, -0.1) is 0 Å². The summed E-state index contributed by atoms with van der Waals surface area (Å²) in [6, 6.07) is 0.0651. The molecule has 2 amide bonds. The van der Waals surface area contributed by atoms with Crippen molar-refractivity contribution < 1.29 is 19.4 Å². The van der Waals surface area contributed by atoms with Crippen LogP contribution in [0.25, 0.3) is 11.7 Å². The average molecular weight is 458 g/mol. The third-order valence-corrected chi connectivity index (χ3v) is 5.99. The number of aromatic hydroxyl groups is 1. The third-order valence-electron chi connectivity index (χ3n) is 5.99. The number of amides is 2. The minimum absolute atomic E-state index is 0.0236. The van der Waals surface area contributed by atoms with E-state index in [0.29, 0.717) is 37.5 Å². The Labute approximate surface area is 191 Å². The highest BCUT2D eigenvalue weighted by atomic mass is 16.5. The first kappa shape index (κ1) is 23.0. The van der Waals surface area contributed by atoms with Crippen LogP contribution in [0.5, 0.6) is 5.88 Å². The summed E-state index contributed by atoms with van der Waals surface area (Å²) in [5.41, 5.74) is -0.159. The van der Waals surface area contributed by atoms with Crippen molar-refractivity contribution in [2.45, 2.75) is 58.7 Å². The molecular formula is C23H31N5O5. The van der Waals surface area contributed by atoms with E-state index in [1.807, 2.05) is 20.8 Å². The number of hydrogen-bond donors (Lipinski definition) is 2. The van der Waals surface area contributed by atoms with Crippen molar-refractivity contribution in [3.05, 3.63) is 33.8 Å². The van der Waals surface area contributed by atoms with Gasteiger partial charge in [-0.3, -0.25) is 19.0 Å². The van der Waals surface area contributed by atoms with E-state index < -0.39 is 11.5 Å². The van der Waals surface area contributed by atoms with Crippen LogP contribution in [0.2, 0.25) is 0 Å². The van der Waals surface area contributed by atoms with Gasteiger partial charge in [0.25, 0.3) is 11.5 Å². The fourth-order valence-electron chi connectivity index (χ4n) is 4.09. The number of morpholine rings is 1. The molecular weight excluding hydrogens is 426 g/mol. The molecule has 0 radical (unpaired) electrons. The van der Waals surface area contributed by atoms with Gasteiger partial charge in [-0.25, -0.2) is 0 Å². The van der Waals surface area contributed by atoms with Gasteiger partial charge in [-0.05, 0) is 31.3 Å². The molecule has 1 atom stereocenters. The second-order valence-corrected chi connectivity index (χ2v) is 9.09. The molecule has 2 aromatic rings. The molecule has 1 saturated heterocycles. The van der Waals surface area contributed by atoms with Gasteiger partial charge in [0.1, 0.15) is 5.65 Å². The Hall–Kier alpha value is -3.14. The SMILES string of the molecule is CC[C@@H]1COCCN1C(=O)/C=C/c1cnn2c(=O)c(C(=O)NC3CC3)c(O)n(CC(C)C)c12. The molecule has 0 spiro atoms. The molecule has 2 fully saturated rings. The molecule has 10 nitrogen and oxygen atoms in total. The highest BCUT2D eigenvalue weighted by molar-refractivity contribution is 5.97. The summed E-state index contributed by atoms with van der Waals surface area (Å²) >= 11 is 0. The molecule has 3 heterocycles. The maximum atomic E-state index is 13.1. The Kier molecular flexibility index (Phi) is 6.55. The highest BCUT2D eigenvalue weighted by Gasteiger charge is 2.30. The van der Waals surface area contributed by atoms with Crippen LogP contribution in [-0.2, 0) is 16.1 Å². The van der Waals surface area contributed by atoms with E-state index in [4.69, 9.17) is 4.74 Å². The third kappa shape index (κ3) is 4.66. The van der Waals surface area contributed by atoms with Crippen molar-refractivity contribution in [3.63, 3.8) is 0 Å². The monoisotopic (exact) mass is 457 g/mol. The zero-order valence-electron chi connectivity index (χ0n) is 19.3. The van der Waals surface area contributed by atoms with Crippen molar-refractivity contribution in [2.24, 2.45) is 5.92 Å². The maximum absolute atomic E-state index is 13.1. The van der Waals surface area contributed by atoms with Gasteiger partial charge in [0, 0.05) is 30.8 Å². The Morgan fingerprint density at radius 2 is 2.12 bits per heavy atom. The van der Waals surface area contributed by atoms with Gasteiger partial charge >= 0.3 is 0 Å². The molecule has 0 aromatic carbocycles. The minimum Gasteiger partial charge on any atom is -0.494 e. The normalized spacial score (nSPS) is 19.0. The molecule has 178 valence electrons. The molecule has 1 aliphatic carbocycles. The quantitative estimate of drug-likeness (QED) is 0.607. The lowest BCUT2D eigenvalue weighted by Gasteiger charge is -2.34. The lowest BCUT2D eigenvalue weighted by Crippen LogP contribution is -2.47. The van der Waals surface area contributed by atoms with E-state index in [-0.39, 0.29) is 35.4 Å². The predicted molar refractivity (Wildman–Crippen MR) is 122 cm³/mol. The Balaban J connectivity index is 1.74. The second kappa shape index (κ2) is 9.38. The summed E-state index contributed by atoms with van der Waals surface area (Å²) < 4.78 is 8.11. The van der Waals surface area contributed by atoms with E-state index in [1.165, 1.54) is 16.8 Å². The Morgan fingerprint density at radius 1 is 1.36 bits per heavy atom. The Bertz CT molecular complexity index is 1140. The van der Waals surface area contributed by atoms with Crippen LogP contribution in [-0.4, -0.2) is 67.8 Å². The van der Waals surface area contributed by atoms with Crippen molar-refractivity contribution in [1.29, 1.82) is 0 Å². The van der Waals surface area contributed by atoms with E-state index >= 15 is 0 Å². The van der Waals surface area contributed by atoms with Gasteiger partial charge in [-0.2, -0.15) is 9.61 Å². The number of ether oxygens (including phenoxy) is 1. The number of nitrogens with one attached hydrogen (secondary N) is 1. The van der Waals surface area contributed by atoms with Crippen LogP contribution in [0.4, 0.5) is 0 Å². The number of aromatic nitrogens is 3. The largest absolute Gasteiger partial charge is 0.494 e. The summed E-state index contributed by atoms with van der Waals surface area (Å²) in [6.07, 6.45) is 7.05. The van der Waals surface area contributed by atoms with Crippen LogP contribution < -0.4 is 10.9 Å². The van der Waals surface area contributed by atoms with E-state index in [1.54, 1.807) is 11.0 Å². The van der Waals surface area contributed by atoms with Gasteiger partial charge < -0.3 is 20.1 Å². The fourth-order valence-corrected chi connectivity index (χ4v) is 4.09. The van der Waals surface area contributed by atoms with Gasteiger partial charge in [0.15, 0.2) is 5.56 Å². The van der Waals surface area contributed by atoms with E-state index in [0.717, 1.165) is 23.8 Å². The predicted octanol–water partition coefficient (Wildman–Crippen LogP) is 1.40. The number of nitrogens with zero attached hydrogens (tertiary/aromatic N) is 4. The fraction of sp³-hybridized carbons (Fsp3) is 0.565. The first-order chi connectivity index (χ1) is 15.8. The molecule has 4 rings (SSSR count). The zero-order chi connectivity index (χ0) is 23.7. The van der Waals surface area contributed by atoms with Crippen molar-refractivity contribution in [2.75, 3.05) is 19.8 Å². The zero-order valence-corrected chi connectivity index (χ0v) is 19.3. The summed E-state index contributed by atoms with van der Waals surface area (Å²) in [7, 11) is 0. The Morgan fingerprint density at radius 3 is 2.79 bits per heavy atom. The summed E-state index contributed by atoms with van der Waals surface area (Å²) in [4.78, 5) is 40.4. The van der Waals surface area contributed by atoms with Crippen molar-refractivity contribution >= 4 is 23.5 Å². The molecule has 1 saturated carbocycles. The summed E-state index contributed by atoms with van der Waals surface area (Å²) in [5, 5.41) is 17.9. The standard InChI is InChI=1S/C23H31N5O5/c1-4-17-13-33-10-9-26(17)18(29)8-5-15-11-24-28-21(15)27(12-14(2)3)22(31)19(23(28)32)20(30)25-16-6-7-16/h5,8,11,14,16-17,31H,4,6-7,9-10,12-13H2,1-3H3,(H,25,30)/b8-5+/t17-/m1/s1. The second-order valence-electron chi connectivity index (χ2n) is 9.09. The molecule has 2 aromatic heterocycles. The topological polar surface area (TPSA) is 118 Å². The summed E-state index contributed by atoms with van der Waals surface area (Å²) in [6.45, 7) is 7.85. The minimum atomic E-state index is -0.689. The first-order valence-corrected chi connectivity index (χ1v) is 11.5. The maximum Gasteiger partial charge on any atom is 0.291 e. The number of carbonyl (C=O) groups is 2.